The first-order valence-corrected chi connectivity index (χ1v) is 9.75. The number of rotatable bonds is 11. The molecule has 1 unspecified atom stereocenters. The van der Waals surface area contributed by atoms with Crippen molar-refractivity contribution in [2.75, 3.05) is 34.9 Å². The van der Waals surface area contributed by atoms with E-state index in [2.05, 4.69) is 15.9 Å². The minimum Gasteiger partial charge on any atom is -0.468 e. The molecule has 2 aromatic rings. The zero-order chi connectivity index (χ0) is 22.1. The molecule has 162 valence electrons. The van der Waals surface area contributed by atoms with Crippen LogP contribution in [-0.4, -0.2) is 46.7 Å². The van der Waals surface area contributed by atoms with Gasteiger partial charge in [-0.3, -0.25) is 9.59 Å². The number of benzene rings is 1. The third kappa shape index (κ3) is 6.19. The van der Waals surface area contributed by atoms with Gasteiger partial charge in [-0.05, 0) is 42.8 Å². The zero-order valence-electron chi connectivity index (χ0n) is 17.1. The highest BCUT2D eigenvalue weighted by Crippen LogP contribution is 2.43. The van der Waals surface area contributed by atoms with Crippen LogP contribution in [0.1, 0.15) is 23.1 Å². The molecule has 0 aliphatic carbocycles. The summed E-state index contributed by atoms with van der Waals surface area (Å²) in [5, 5.41) is 0. The summed E-state index contributed by atoms with van der Waals surface area (Å²) in [5.74, 6) is 1.05. The lowest BCUT2D eigenvalue weighted by Crippen LogP contribution is -2.11. The van der Waals surface area contributed by atoms with E-state index in [0.29, 0.717) is 34.1 Å². The first kappa shape index (κ1) is 23.7. The van der Waals surface area contributed by atoms with Gasteiger partial charge in [-0.2, -0.15) is 0 Å². The SMILES string of the molecule is COCOc1cc(OCOC)c(-c2ccc(C=CC(C)=O)o2)c(C(Br)C(=O)OC)c1. The van der Waals surface area contributed by atoms with Gasteiger partial charge in [0.2, 0.25) is 0 Å². The Hall–Kier alpha value is -2.62. The molecular formula is C21H23BrO8. The lowest BCUT2D eigenvalue weighted by molar-refractivity contribution is -0.139. The standard InChI is InChI=1S/C21H23BrO8/c1-13(23)5-6-14-7-8-17(30-14)19-16(20(22)21(24)27-4)9-15(28-11-25-2)10-18(19)29-12-26-3/h5-10,20H,11-12H2,1-4H3. The number of carbonyl (C=O) groups excluding carboxylic acids is 2. The molecule has 30 heavy (non-hydrogen) atoms. The summed E-state index contributed by atoms with van der Waals surface area (Å²) in [6.45, 7) is 1.41. The predicted molar refractivity (Wildman–Crippen MR) is 113 cm³/mol. The number of methoxy groups -OCH3 is 3. The molecule has 0 saturated heterocycles. The van der Waals surface area contributed by atoms with E-state index in [-0.39, 0.29) is 19.4 Å². The fourth-order valence-electron chi connectivity index (χ4n) is 2.53. The van der Waals surface area contributed by atoms with Crippen molar-refractivity contribution < 1.29 is 37.7 Å². The molecule has 1 heterocycles. The molecule has 0 aliphatic heterocycles. The number of ether oxygens (including phenoxy) is 5. The maximum atomic E-state index is 12.2. The van der Waals surface area contributed by atoms with Crippen LogP contribution >= 0.6 is 15.9 Å². The topological polar surface area (TPSA) is 93.4 Å². The molecule has 2 rings (SSSR count). The predicted octanol–water partition coefficient (Wildman–Crippen LogP) is 4.12. The fourth-order valence-corrected chi connectivity index (χ4v) is 3.08. The molecule has 1 aromatic heterocycles. The molecule has 0 fully saturated rings. The Bertz CT molecular complexity index is 902. The van der Waals surface area contributed by atoms with Crippen molar-refractivity contribution in [2.45, 2.75) is 11.8 Å². The Kier molecular flexibility index (Phi) is 9.10. The first-order valence-electron chi connectivity index (χ1n) is 8.83. The Morgan fingerprint density at radius 3 is 2.43 bits per heavy atom. The maximum absolute atomic E-state index is 12.2. The number of ketones is 1. The quantitative estimate of drug-likeness (QED) is 0.204. The molecule has 0 radical (unpaired) electrons. The van der Waals surface area contributed by atoms with Crippen LogP contribution in [0.3, 0.4) is 0 Å². The van der Waals surface area contributed by atoms with E-state index < -0.39 is 10.8 Å². The number of alkyl halides is 1. The minimum atomic E-state index is -0.824. The van der Waals surface area contributed by atoms with Crippen LogP contribution in [0.25, 0.3) is 17.4 Å². The smallest absolute Gasteiger partial charge is 0.324 e. The van der Waals surface area contributed by atoms with E-state index >= 15 is 0 Å². The average molecular weight is 483 g/mol. The largest absolute Gasteiger partial charge is 0.468 e. The van der Waals surface area contributed by atoms with Crippen LogP contribution in [0.4, 0.5) is 0 Å². The monoisotopic (exact) mass is 482 g/mol. The first-order chi connectivity index (χ1) is 14.4. The van der Waals surface area contributed by atoms with Crippen molar-refractivity contribution in [3.63, 3.8) is 0 Å². The lowest BCUT2D eigenvalue weighted by atomic mass is 10.0. The fraction of sp³-hybridized carbons (Fsp3) is 0.333. The molecular weight excluding hydrogens is 460 g/mol. The molecule has 0 spiro atoms. The van der Waals surface area contributed by atoms with Crippen LogP contribution in [0, 0.1) is 0 Å². The van der Waals surface area contributed by atoms with Crippen molar-refractivity contribution in [3.05, 3.63) is 41.7 Å². The molecule has 0 N–H and O–H groups in total. The van der Waals surface area contributed by atoms with Gasteiger partial charge in [-0.15, -0.1) is 0 Å². The molecule has 1 atom stereocenters. The van der Waals surface area contributed by atoms with E-state index in [0.717, 1.165) is 0 Å². The van der Waals surface area contributed by atoms with Crippen molar-refractivity contribution in [1.29, 1.82) is 0 Å². The second-order valence-electron chi connectivity index (χ2n) is 6.02. The number of hydrogen-bond donors (Lipinski definition) is 0. The van der Waals surface area contributed by atoms with E-state index in [1.165, 1.54) is 34.3 Å². The second-order valence-corrected chi connectivity index (χ2v) is 6.93. The summed E-state index contributed by atoms with van der Waals surface area (Å²) in [7, 11) is 4.28. The van der Waals surface area contributed by atoms with Gasteiger partial charge in [-0.25, -0.2) is 0 Å². The Morgan fingerprint density at radius 2 is 1.80 bits per heavy atom. The highest BCUT2D eigenvalue weighted by Gasteiger charge is 2.27. The summed E-state index contributed by atoms with van der Waals surface area (Å²) >= 11 is 3.37. The second kappa shape index (κ2) is 11.5. The third-order valence-corrected chi connectivity index (χ3v) is 4.69. The summed E-state index contributed by atoms with van der Waals surface area (Å²) in [6.07, 6.45) is 2.96. The van der Waals surface area contributed by atoms with Crippen molar-refractivity contribution >= 4 is 33.8 Å². The molecule has 8 nitrogen and oxygen atoms in total. The number of furan rings is 1. The number of carbonyl (C=O) groups is 2. The highest BCUT2D eigenvalue weighted by atomic mass is 79.9. The molecule has 0 aliphatic rings. The van der Waals surface area contributed by atoms with Gasteiger partial charge in [0, 0.05) is 20.3 Å². The normalized spacial score (nSPS) is 12.0. The lowest BCUT2D eigenvalue weighted by Gasteiger charge is -2.18. The van der Waals surface area contributed by atoms with Crippen molar-refractivity contribution in [2.24, 2.45) is 0 Å². The number of allylic oxidation sites excluding steroid dienone is 1. The van der Waals surface area contributed by atoms with Gasteiger partial charge in [-0.1, -0.05) is 15.9 Å². The van der Waals surface area contributed by atoms with Crippen LogP contribution in [0.15, 0.2) is 34.8 Å². The Balaban J connectivity index is 2.63. The Morgan fingerprint density at radius 1 is 1.10 bits per heavy atom. The average Bonchev–Trinajstić information content (AvgIpc) is 3.21. The number of hydrogen-bond acceptors (Lipinski definition) is 8. The van der Waals surface area contributed by atoms with Crippen LogP contribution < -0.4 is 9.47 Å². The minimum absolute atomic E-state index is 0.00836. The van der Waals surface area contributed by atoms with Crippen LogP contribution in [-0.2, 0) is 23.8 Å². The van der Waals surface area contributed by atoms with Gasteiger partial charge < -0.3 is 28.1 Å². The number of esters is 1. The zero-order valence-corrected chi connectivity index (χ0v) is 18.7. The summed E-state index contributed by atoms with van der Waals surface area (Å²) in [5.41, 5.74) is 1.00. The highest BCUT2D eigenvalue weighted by molar-refractivity contribution is 9.09. The van der Waals surface area contributed by atoms with Crippen molar-refractivity contribution in [1.82, 2.24) is 0 Å². The molecule has 9 heteroatoms. The molecule has 1 aromatic carbocycles. The maximum Gasteiger partial charge on any atom is 0.324 e. The van der Waals surface area contributed by atoms with E-state index in [4.69, 9.17) is 28.1 Å². The van der Waals surface area contributed by atoms with Crippen LogP contribution in [0.2, 0.25) is 0 Å². The summed E-state index contributed by atoms with van der Waals surface area (Å²) in [4.78, 5) is 22.6. The molecule has 0 saturated carbocycles. The van der Waals surface area contributed by atoms with Gasteiger partial charge >= 0.3 is 5.97 Å². The third-order valence-electron chi connectivity index (χ3n) is 3.82. The summed E-state index contributed by atoms with van der Waals surface area (Å²) < 4.78 is 32.0. The van der Waals surface area contributed by atoms with E-state index in [9.17, 15) is 9.59 Å². The van der Waals surface area contributed by atoms with Gasteiger partial charge in [0.05, 0.1) is 12.7 Å². The van der Waals surface area contributed by atoms with Crippen molar-refractivity contribution in [3.8, 4) is 22.8 Å². The summed E-state index contributed by atoms with van der Waals surface area (Å²) in [6, 6.07) is 6.72. The van der Waals surface area contributed by atoms with Gasteiger partial charge in [0.25, 0.3) is 0 Å². The van der Waals surface area contributed by atoms with Gasteiger partial charge in [0.1, 0.15) is 27.8 Å². The molecule has 0 bridgehead atoms. The van der Waals surface area contributed by atoms with Crippen LogP contribution in [0.5, 0.6) is 11.5 Å². The Labute approximate surface area is 182 Å². The van der Waals surface area contributed by atoms with E-state index in [1.807, 2.05) is 0 Å². The van der Waals surface area contributed by atoms with E-state index in [1.54, 1.807) is 30.3 Å². The van der Waals surface area contributed by atoms with Gasteiger partial charge in [0.15, 0.2) is 19.4 Å². The molecule has 0 amide bonds. The number of halogens is 1.